The molecule has 334 valence electrons. The third-order valence-electron chi connectivity index (χ3n) is 11.7. The van der Waals surface area contributed by atoms with Gasteiger partial charge in [0.2, 0.25) is 0 Å². The standard InChI is InChI=1S/C46H60N6O10/c1-59-39-25-41(61-3)35(23-33(39)43(55)49-18-16-47)45(57)51-31-12-8-27(9-13-31)20-37(53)29-6-5-7-30(22-29)38(54)21-28-10-14-32(15-11-28)52-46(58)36-24-34(44(56)50-19-17-48)40(60-2)26-42(36)62-4/h5-7,22-28,31-32H,8-21,47-48H2,1-4H3,(H,49,55)(H,50,56)(H,51,57)(H,52,58). The first kappa shape index (κ1) is 47.1. The van der Waals surface area contributed by atoms with E-state index in [0.29, 0.717) is 49.7 Å². The number of hydrogen-bond acceptors (Lipinski definition) is 12. The smallest absolute Gasteiger partial charge is 0.255 e. The van der Waals surface area contributed by atoms with Crippen molar-refractivity contribution >= 4 is 35.2 Å². The molecule has 2 aliphatic carbocycles. The van der Waals surface area contributed by atoms with Gasteiger partial charge in [-0.15, -0.1) is 0 Å². The molecule has 0 radical (unpaired) electrons. The maximum atomic E-state index is 13.5. The summed E-state index contributed by atoms with van der Waals surface area (Å²) in [6, 6.07) is 12.7. The van der Waals surface area contributed by atoms with Crippen molar-refractivity contribution in [2.24, 2.45) is 23.3 Å². The van der Waals surface area contributed by atoms with Crippen LogP contribution in [-0.4, -0.2) is 102 Å². The first-order chi connectivity index (χ1) is 29.9. The molecule has 0 heterocycles. The zero-order valence-corrected chi connectivity index (χ0v) is 36.1. The minimum absolute atomic E-state index is 0.0244. The van der Waals surface area contributed by atoms with E-state index in [-0.39, 0.29) is 119 Å². The van der Waals surface area contributed by atoms with Crippen molar-refractivity contribution < 1.29 is 47.7 Å². The van der Waals surface area contributed by atoms with E-state index in [9.17, 15) is 28.8 Å². The number of Topliss-reactive ketones (excluding diaryl/α,β-unsaturated/α-hetero) is 2. The molecule has 0 saturated heterocycles. The maximum absolute atomic E-state index is 13.5. The Hall–Kier alpha value is -6.00. The van der Waals surface area contributed by atoms with Gasteiger partial charge in [0.25, 0.3) is 23.6 Å². The Kier molecular flexibility index (Phi) is 17.3. The summed E-state index contributed by atoms with van der Waals surface area (Å²) in [6.07, 6.45) is 6.38. The van der Waals surface area contributed by atoms with Crippen molar-refractivity contribution in [1.29, 1.82) is 0 Å². The molecule has 0 aromatic heterocycles. The largest absolute Gasteiger partial charge is 0.496 e. The summed E-state index contributed by atoms with van der Waals surface area (Å²) in [4.78, 5) is 79.3. The van der Waals surface area contributed by atoms with Crippen molar-refractivity contribution in [3.05, 3.63) is 81.9 Å². The van der Waals surface area contributed by atoms with E-state index in [1.807, 2.05) is 0 Å². The van der Waals surface area contributed by atoms with Crippen LogP contribution in [0.3, 0.4) is 0 Å². The van der Waals surface area contributed by atoms with Crippen LogP contribution in [0.4, 0.5) is 0 Å². The quantitative estimate of drug-likeness (QED) is 0.0876. The molecule has 4 amide bonds. The van der Waals surface area contributed by atoms with Crippen LogP contribution in [0.2, 0.25) is 0 Å². The molecule has 62 heavy (non-hydrogen) atoms. The highest BCUT2D eigenvalue weighted by molar-refractivity contribution is 6.05. The number of methoxy groups -OCH3 is 4. The second kappa shape index (κ2) is 22.7. The third-order valence-corrected chi connectivity index (χ3v) is 11.7. The van der Waals surface area contributed by atoms with Crippen LogP contribution in [0.25, 0.3) is 0 Å². The Morgan fingerprint density at radius 1 is 0.500 bits per heavy atom. The van der Waals surface area contributed by atoms with Gasteiger partial charge in [0.1, 0.15) is 23.0 Å². The highest BCUT2D eigenvalue weighted by atomic mass is 16.5. The number of nitrogens with one attached hydrogen (secondary N) is 4. The number of hydrogen-bond donors (Lipinski definition) is 6. The Morgan fingerprint density at radius 2 is 0.839 bits per heavy atom. The molecular formula is C46H60N6O10. The van der Waals surface area contributed by atoms with Crippen LogP contribution in [0.15, 0.2) is 48.5 Å². The molecule has 5 rings (SSSR count). The van der Waals surface area contributed by atoms with Gasteiger partial charge in [-0.05, 0) is 81.4 Å². The number of carbonyl (C=O) groups excluding carboxylic acids is 6. The van der Waals surface area contributed by atoms with E-state index < -0.39 is 11.8 Å². The van der Waals surface area contributed by atoms with Crippen molar-refractivity contribution in [1.82, 2.24) is 21.3 Å². The summed E-state index contributed by atoms with van der Waals surface area (Å²) >= 11 is 0. The fourth-order valence-electron chi connectivity index (χ4n) is 8.24. The zero-order chi connectivity index (χ0) is 44.8. The molecule has 0 aliphatic heterocycles. The summed E-state index contributed by atoms with van der Waals surface area (Å²) in [6.45, 7) is 1.07. The Balaban J connectivity index is 1.09. The predicted molar refractivity (Wildman–Crippen MR) is 233 cm³/mol. The highest BCUT2D eigenvalue weighted by Crippen LogP contribution is 2.34. The average molecular weight is 857 g/mol. The second-order valence-corrected chi connectivity index (χ2v) is 15.8. The van der Waals surface area contributed by atoms with Crippen LogP contribution in [0.5, 0.6) is 23.0 Å². The molecule has 2 aliphatic rings. The number of carbonyl (C=O) groups is 6. The van der Waals surface area contributed by atoms with Crippen molar-refractivity contribution in [2.75, 3.05) is 54.6 Å². The van der Waals surface area contributed by atoms with Gasteiger partial charge in [0.15, 0.2) is 11.6 Å². The molecular weight excluding hydrogens is 797 g/mol. The lowest BCUT2D eigenvalue weighted by Crippen LogP contribution is -2.38. The SMILES string of the molecule is COc1cc(OC)c(C(=O)NC2CCC(CC(=O)c3cccc(C(=O)CC4CCC(NC(=O)c5cc(C(=O)NCCN)c(OC)cc5OC)CC4)c3)CC2)cc1C(=O)NCCN. The number of ether oxygens (including phenoxy) is 4. The van der Waals surface area contributed by atoms with Gasteiger partial charge in [-0.2, -0.15) is 0 Å². The average Bonchev–Trinajstić information content (AvgIpc) is 3.30. The Bertz CT molecular complexity index is 1950. The van der Waals surface area contributed by atoms with Crippen molar-refractivity contribution in [3.63, 3.8) is 0 Å². The van der Waals surface area contributed by atoms with Crippen LogP contribution in [-0.2, 0) is 0 Å². The van der Waals surface area contributed by atoms with Gasteiger partial charge in [0.05, 0.1) is 50.7 Å². The maximum Gasteiger partial charge on any atom is 0.255 e. The zero-order valence-electron chi connectivity index (χ0n) is 36.1. The van der Waals surface area contributed by atoms with E-state index in [2.05, 4.69) is 21.3 Å². The van der Waals surface area contributed by atoms with Crippen molar-refractivity contribution in [3.8, 4) is 23.0 Å². The van der Waals surface area contributed by atoms with Gasteiger partial charge < -0.3 is 51.7 Å². The molecule has 0 atom stereocenters. The lowest BCUT2D eigenvalue weighted by molar-refractivity contribution is 0.0892. The number of nitrogens with two attached hydrogens (primary N) is 2. The molecule has 16 nitrogen and oxygen atoms in total. The van der Waals surface area contributed by atoms with Crippen LogP contribution >= 0.6 is 0 Å². The van der Waals surface area contributed by atoms with E-state index in [0.717, 1.165) is 25.7 Å². The molecule has 2 saturated carbocycles. The first-order valence-corrected chi connectivity index (χ1v) is 21.2. The molecule has 0 spiro atoms. The van der Waals surface area contributed by atoms with Crippen LogP contribution < -0.4 is 51.7 Å². The summed E-state index contributed by atoms with van der Waals surface area (Å²) in [5.41, 5.74) is 12.9. The molecule has 2 fully saturated rings. The molecule has 3 aromatic rings. The number of benzene rings is 3. The minimum atomic E-state index is -0.413. The normalized spacial score (nSPS) is 18.4. The monoisotopic (exact) mass is 856 g/mol. The van der Waals surface area contributed by atoms with Gasteiger partial charge in [-0.25, -0.2) is 0 Å². The lowest BCUT2D eigenvalue weighted by atomic mass is 9.81. The van der Waals surface area contributed by atoms with Crippen LogP contribution in [0, 0.1) is 11.8 Å². The van der Waals surface area contributed by atoms with E-state index >= 15 is 0 Å². The van der Waals surface area contributed by atoms with E-state index in [4.69, 9.17) is 30.4 Å². The van der Waals surface area contributed by atoms with Gasteiger partial charge in [-0.3, -0.25) is 28.8 Å². The second-order valence-electron chi connectivity index (χ2n) is 15.8. The predicted octanol–water partition coefficient (Wildman–Crippen LogP) is 4.22. The number of ketones is 2. The Morgan fingerprint density at radius 3 is 1.16 bits per heavy atom. The summed E-state index contributed by atoms with van der Waals surface area (Å²) in [5, 5.41) is 11.6. The summed E-state index contributed by atoms with van der Waals surface area (Å²) < 4.78 is 21.6. The molecule has 0 unspecified atom stereocenters. The third kappa shape index (κ3) is 12.1. The molecule has 16 heteroatoms. The topological polar surface area (TPSA) is 239 Å². The van der Waals surface area contributed by atoms with Gasteiger partial charge in [0, 0.05) is 74.4 Å². The molecule has 8 N–H and O–H groups in total. The van der Waals surface area contributed by atoms with E-state index in [1.165, 1.54) is 52.7 Å². The molecule has 3 aromatic carbocycles. The fraction of sp³-hybridized carbons (Fsp3) is 0.478. The van der Waals surface area contributed by atoms with Crippen molar-refractivity contribution in [2.45, 2.75) is 76.3 Å². The first-order valence-electron chi connectivity index (χ1n) is 21.2. The number of amides is 4. The van der Waals surface area contributed by atoms with Gasteiger partial charge in [-0.1, -0.05) is 18.2 Å². The fourth-order valence-corrected chi connectivity index (χ4v) is 8.24. The van der Waals surface area contributed by atoms with Crippen LogP contribution in [0.1, 0.15) is 126 Å². The van der Waals surface area contributed by atoms with Gasteiger partial charge >= 0.3 is 0 Å². The van der Waals surface area contributed by atoms with E-state index in [1.54, 1.807) is 24.3 Å². The lowest BCUT2D eigenvalue weighted by Gasteiger charge is -2.29. The summed E-state index contributed by atoms with van der Waals surface area (Å²) in [7, 11) is 5.76. The highest BCUT2D eigenvalue weighted by Gasteiger charge is 2.29. The number of rotatable bonds is 20. The Labute approximate surface area is 362 Å². The minimum Gasteiger partial charge on any atom is -0.496 e. The summed E-state index contributed by atoms with van der Waals surface area (Å²) in [5.74, 6) is -0.256. The molecule has 0 bridgehead atoms.